The lowest BCUT2D eigenvalue weighted by atomic mass is 9.89. The number of rotatable bonds is 7. The van der Waals surface area contributed by atoms with Crippen molar-refractivity contribution in [3.05, 3.63) is 65.4 Å². The van der Waals surface area contributed by atoms with Gasteiger partial charge in [-0.25, -0.2) is 0 Å². The summed E-state index contributed by atoms with van der Waals surface area (Å²) in [7, 11) is 2.81. The fourth-order valence-electron chi connectivity index (χ4n) is 4.05. The highest BCUT2D eigenvalue weighted by Gasteiger charge is 2.45. The van der Waals surface area contributed by atoms with Gasteiger partial charge in [0.15, 0.2) is 5.78 Å². The maximum Gasteiger partial charge on any atom is 0.189 e. The molecule has 34 heavy (non-hydrogen) atoms. The van der Waals surface area contributed by atoms with Crippen LogP contribution >= 0.6 is 0 Å². The third kappa shape index (κ3) is 4.44. The summed E-state index contributed by atoms with van der Waals surface area (Å²) in [6, 6.07) is 10.3. The molecule has 9 heteroatoms. The second kappa shape index (κ2) is 9.96. The van der Waals surface area contributed by atoms with E-state index in [2.05, 4.69) is 0 Å². The van der Waals surface area contributed by atoms with E-state index in [0.717, 1.165) is 16.5 Å². The first kappa shape index (κ1) is 23.9. The zero-order chi connectivity index (χ0) is 24.4. The quantitative estimate of drug-likeness (QED) is 0.301. The van der Waals surface area contributed by atoms with E-state index in [4.69, 9.17) is 18.6 Å². The van der Waals surface area contributed by atoms with Crippen LogP contribution in [0.5, 0.6) is 11.5 Å². The monoisotopic (exact) mass is 470 g/mol. The number of aliphatic hydroxyl groups is 4. The topological polar surface area (TPSA) is 139 Å². The molecular formula is C25H26O9. The van der Waals surface area contributed by atoms with E-state index in [1.54, 1.807) is 12.3 Å². The number of ether oxygens (including phenoxy) is 3. The molecule has 2 aromatic carbocycles. The van der Waals surface area contributed by atoms with Gasteiger partial charge in [0.05, 0.1) is 32.7 Å². The molecule has 0 bridgehead atoms. The van der Waals surface area contributed by atoms with Gasteiger partial charge in [0.2, 0.25) is 0 Å². The lowest BCUT2D eigenvalue weighted by Gasteiger charge is -2.40. The molecule has 180 valence electrons. The van der Waals surface area contributed by atoms with Gasteiger partial charge in [-0.15, -0.1) is 0 Å². The van der Waals surface area contributed by atoms with Gasteiger partial charge in [-0.2, -0.15) is 0 Å². The van der Waals surface area contributed by atoms with Crippen molar-refractivity contribution >= 4 is 22.8 Å². The summed E-state index contributed by atoms with van der Waals surface area (Å²) in [6.07, 6.45) is -2.24. The molecule has 4 N–H and O–H groups in total. The Labute approximate surface area is 195 Å². The number of methoxy groups -OCH3 is 2. The lowest BCUT2D eigenvalue weighted by molar-refractivity contribution is -0.232. The molecule has 5 unspecified atom stereocenters. The summed E-state index contributed by atoms with van der Waals surface area (Å²) >= 11 is 0. The first-order valence-corrected chi connectivity index (χ1v) is 10.6. The Kier molecular flexibility index (Phi) is 7.01. The van der Waals surface area contributed by atoms with Gasteiger partial charge in [0.1, 0.15) is 47.6 Å². The minimum atomic E-state index is -1.57. The molecule has 4 rings (SSSR count). The van der Waals surface area contributed by atoms with Crippen molar-refractivity contribution < 1.29 is 43.8 Å². The summed E-state index contributed by atoms with van der Waals surface area (Å²) in [5.41, 5.74) is 1.97. The SMILES string of the molecule is COc1cc(OC)c(C2OC(CO)C(O)C(O)C2O)cc1C(=O)/C=C/c1ccc2occc2c1. The van der Waals surface area contributed by atoms with E-state index < -0.39 is 37.1 Å². The molecule has 3 aromatic rings. The first-order valence-electron chi connectivity index (χ1n) is 10.6. The molecule has 1 fully saturated rings. The average Bonchev–Trinajstić information content (AvgIpc) is 3.33. The molecule has 9 nitrogen and oxygen atoms in total. The number of fused-ring (bicyclic) bond motifs is 1. The Morgan fingerprint density at radius 2 is 1.76 bits per heavy atom. The van der Waals surface area contributed by atoms with E-state index >= 15 is 0 Å². The van der Waals surface area contributed by atoms with Crippen LogP contribution in [0.25, 0.3) is 17.0 Å². The molecular weight excluding hydrogens is 444 g/mol. The second-order valence-corrected chi connectivity index (χ2v) is 7.96. The summed E-state index contributed by atoms with van der Waals surface area (Å²) < 4.78 is 21.8. The van der Waals surface area contributed by atoms with Gasteiger partial charge in [-0.05, 0) is 35.9 Å². The van der Waals surface area contributed by atoms with Crippen LogP contribution in [-0.2, 0) is 4.74 Å². The van der Waals surface area contributed by atoms with Gasteiger partial charge >= 0.3 is 0 Å². The number of benzene rings is 2. The van der Waals surface area contributed by atoms with Crippen LogP contribution in [0.3, 0.4) is 0 Å². The minimum Gasteiger partial charge on any atom is -0.496 e. The highest BCUT2D eigenvalue weighted by molar-refractivity contribution is 6.09. The van der Waals surface area contributed by atoms with Gasteiger partial charge < -0.3 is 39.1 Å². The standard InChI is InChI=1S/C25H26O9/c1-31-19-11-20(32-2)16(25-24(30)23(29)22(28)21(12-26)34-25)10-15(19)17(27)5-3-13-4-6-18-14(9-13)7-8-33-18/h3-11,21-26,28-30H,12H2,1-2H3/b5-3+. The Morgan fingerprint density at radius 1 is 1.00 bits per heavy atom. The van der Waals surface area contributed by atoms with Crippen molar-refractivity contribution in [3.8, 4) is 11.5 Å². The maximum absolute atomic E-state index is 13.1. The smallest absolute Gasteiger partial charge is 0.189 e. The van der Waals surface area contributed by atoms with E-state index in [9.17, 15) is 25.2 Å². The highest BCUT2D eigenvalue weighted by atomic mass is 16.5. The van der Waals surface area contributed by atoms with E-state index in [-0.39, 0.29) is 28.4 Å². The second-order valence-electron chi connectivity index (χ2n) is 7.96. The van der Waals surface area contributed by atoms with E-state index in [1.165, 1.54) is 32.4 Å². The van der Waals surface area contributed by atoms with E-state index in [0.29, 0.717) is 0 Å². The molecule has 2 heterocycles. The predicted octanol–water partition coefficient (Wildman–Crippen LogP) is 1.86. The van der Waals surface area contributed by atoms with Crippen LogP contribution in [0.1, 0.15) is 27.6 Å². The van der Waals surface area contributed by atoms with Crippen LogP contribution in [0, 0.1) is 0 Å². The number of ketones is 1. The van der Waals surface area contributed by atoms with Crippen molar-refractivity contribution in [1.29, 1.82) is 0 Å². The molecule has 1 aliphatic heterocycles. The number of hydrogen-bond donors (Lipinski definition) is 4. The Morgan fingerprint density at radius 3 is 2.47 bits per heavy atom. The molecule has 1 aromatic heterocycles. The zero-order valence-corrected chi connectivity index (χ0v) is 18.6. The van der Waals surface area contributed by atoms with Gasteiger partial charge in [-0.1, -0.05) is 12.1 Å². The van der Waals surface area contributed by atoms with E-state index in [1.807, 2.05) is 24.3 Å². The van der Waals surface area contributed by atoms with Gasteiger partial charge in [0, 0.05) is 17.0 Å². The number of furan rings is 1. The van der Waals surface area contributed by atoms with Crippen molar-refractivity contribution in [2.24, 2.45) is 0 Å². The largest absolute Gasteiger partial charge is 0.496 e. The molecule has 0 radical (unpaired) electrons. The van der Waals surface area contributed by atoms with Crippen molar-refractivity contribution in [1.82, 2.24) is 0 Å². The van der Waals surface area contributed by atoms with Gasteiger partial charge in [-0.3, -0.25) is 4.79 Å². The van der Waals surface area contributed by atoms with Crippen LogP contribution < -0.4 is 9.47 Å². The number of hydrogen-bond acceptors (Lipinski definition) is 9. The molecule has 0 spiro atoms. The molecule has 5 atom stereocenters. The van der Waals surface area contributed by atoms with Crippen LogP contribution in [0.2, 0.25) is 0 Å². The van der Waals surface area contributed by atoms with Crippen molar-refractivity contribution in [3.63, 3.8) is 0 Å². The predicted molar refractivity (Wildman–Crippen MR) is 122 cm³/mol. The fraction of sp³-hybridized carbons (Fsp3) is 0.320. The third-order valence-electron chi connectivity index (χ3n) is 5.92. The summed E-state index contributed by atoms with van der Waals surface area (Å²) in [4.78, 5) is 13.1. The number of carbonyl (C=O) groups is 1. The Balaban J connectivity index is 1.69. The minimum absolute atomic E-state index is 0.177. The number of allylic oxidation sites excluding steroid dienone is 1. The number of carbonyl (C=O) groups excluding carboxylic acids is 1. The normalized spacial score (nSPS) is 25.1. The van der Waals surface area contributed by atoms with Crippen molar-refractivity contribution in [2.45, 2.75) is 30.5 Å². The Bertz CT molecular complexity index is 1200. The zero-order valence-electron chi connectivity index (χ0n) is 18.6. The molecule has 1 aliphatic rings. The van der Waals surface area contributed by atoms with Gasteiger partial charge in [0.25, 0.3) is 0 Å². The third-order valence-corrected chi connectivity index (χ3v) is 5.92. The van der Waals surface area contributed by atoms with Crippen LogP contribution in [-0.4, -0.2) is 71.5 Å². The average molecular weight is 470 g/mol. The van der Waals surface area contributed by atoms with Crippen LogP contribution in [0.4, 0.5) is 0 Å². The lowest BCUT2D eigenvalue weighted by Crippen LogP contribution is -2.55. The summed E-state index contributed by atoms with van der Waals surface area (Å²) in [5.74, 6) is 0.106. The fourth-order valence-corrected chi connectivity index (χ4v) is 4.05. The van der Waals surface area contributed by atoms with Crippen LogP contribution in [0.15, 0.2) is 53.2 Å². The van der Waals surface area contributed by atoms with Crippen molar-refractivity contribution in [2.75, 3.05) is 20.8 Å². The summed E-state index contributed by atoms with van der Waals surface area (Å²) in [6.45, 7) is -0.574. The summed E-state index contributed by atoms with van der Waals surface area (Å²) in [5, 5.41) is 41.3. The maximum atomic E-state index is 13.1. The highest BCUT2D eigenvalue weighted by Crippen LogP contribution is 2.40. The number of aliphatic hydroxyl groups excluding tert-OH is 4. The first-order chi connectivity index (χ1) is 16.4. The Hall–Kier alpha value is -3.21. The molecule has 1 saturated heterocycles. The molecule has 0 saturated carbocycles. The molecule has 0 aliphatic carbocycles. The molecule has 0 amide bonds.